The van der Waals surface area contributed by atoms with Gasteiger partial charge in [-0.1, -0.05) is 13.0 Å². The van der Waals surface area contributed by atoms with Crippen LogP contribution in [0.25, 0.3) is 0 Å². The molecule has 0 aromatic heterocycles. The number of ether oxygens (including phenoxy) is 3. The van der Waals surface area contributed by atoms with Crippen molar-refractivity contribution in [3.8, 4) is 11.5 Å². The molecule has 132 valence electrons. The van der Waals surface area contributed by atoms with E-state index in [0.717, 1.165) is 12.8 Å². The van der Waals surface area contributed by atoms with Gasteiger partial charge in [0.2, 0.25) is 0 Å². The molecule has 0 aliphatic carbocycles. The Bertz CT molecular complexity index is 593. The van der Waals surface area contributed by atoms with Crippen molar-refractivity contribution in [2.45, 2.75) is 32.8 Å². The third-order valence-corrected chi connectivity index (χ3v) is 4.35. The van der Waals surface area contributed by atoms with Crippen molar-refractivity contribution in [3.05, 3.63) is 23.8 Å². The Morgan fingerprint density at radius 1 is 1.17 bits per heavy atom. The molecule has 6 nitrogen and oxygen atoms in total. The zero-order chi connectivity index (χ0) is 17.7. The van der Waals surface area contributed by atoms with Crippen LogP contribution in [0.3, 0.4) is 0 Å². The van der Waals surface area contributed by atoms with E-state index >= 15 is 0 Å². The van der Waals surface area contributed by atoms with Crippen molar-refractivity contribution in [2.75, 3.05) is 27.3 Å². The summed E-state index contributed by atoms with van der Waals surface area (Å²) in [5.41, 5.74) is 0.240. The molecule has 1 aromatic rings. The number of methoxy groups -OCH3 is 2. The van der Waals surface area contributed by atoms with E-state index in [1.54, 1.807) is 30.0 Å². The van der Waals surface area contributed by atoms with Crippen LogP contribution in [0.5, 0.6) is 11.5 Å². The number of hydrogen-bond acceptors (Lipinski definition) is 5. The van der Waals surface area contributed by atoms with Gasteiger partial charge in [0.25, 0.3) is 5.91 Å². The number of benzene rings is 1. The SMILES string of the molecule is COc1cccc(C(=O)O[C@H](C)C(=O)N2CCC(C)CC2)c1OC. The van der Waals surface area contributed by atoms with E-state index in [1.807, 2.05) is 0 Å². The van der Waals surface area contributed by atoms with Gasteiger partial charge in [0.1, 0.15) is 5.56 Å². The number of para-hydroxylation sites is 1. The fourth-order valence-corrected chi connectivity index (χ4v) is 2.81. The Hall–Kier alpha value is -2.24. The van der Waals surface area contributed by atoms with E-state index in [-0.39, 0.29) is 11.5 Å². The van der Waals surface area contributed by atoms with Crippen molar-refractivity contribution in [1.82, 2.24) is 4.90 Å². The Balaban J connectivity index is 2.05. The molecule has 1 heterocycles. The lowest BCUT2D eigenvalue weighted by atomic mass is 9.99. The topological polar surface area (TPSA) is 65.1 Å². The highest BCUT2D eigenvalue weighted by Crippen LogP contribution is 2.31. The maximum Gasteiger partial charge on any atom is 0.342 e. The number of rotatable bonds is 5. The molecule has 0 saturated carbocycles. The molecule has 1 amide bonds. The highest BCUT2D eigenvalue weighted by molar-refractivity contribution is 5.95. The van der Waals surface area contributed by atoms with Crippen LogP contribution in [-0.4, -0.2) is 50.2 Å². The molecular weight excluding hydrogens is 310 g/mol. The zero-order valence-corrected chi connectivity index (χ0v) is 14.7. The number of hydrogen-bond donors (Lipinski definition) is 0. The Kier molecular flexibility index (Phi) is 6.06. The van der Waals surface area contributed by atoms with Gasteiger partial charge in [-0.2, -0.15) is 0 Å². The van der Waals surface area contributed by atoms with Gasteiger partial charge in [0, 0.05) is 13.1 Å². The summed E-state index contributed by atoms with van der Waals surface area (Å²) in [6, 6.07) is 4.96. The first-order valence-corrected chi connectivity index (χ1v) is 8.18. The number of nitrogens with zero attached hydrogens (tertiary/aromatic N) is 1. The van der Waals surface area contributed by atoms with E-state index in [1.165, 1.54) is 14.2 Å². The molecule has 0 unspecified atom stereocenters. The fraction of sp³-hybridized carbons (Fsp3) is 0.556. The number of carbonyl (C=O) groups excluding carboxylic acids is 2. The fourth-order valence-electron chi connectivity index (χ4n) is 2.81. The molecule has 1 aliphatic rings. The van der Waals surface area contributed by atoms with Crippen molar-refractivity contribution in [1.29, 1.82) is 0 Å². The number of esters is 1. The van der Waals surface area contributed by atoms with E-state index in [2.05, 4.69) is 6.92 Å². The zero-order valence-electron chi connectivity index (χ0n) is 14.7. The van der Waals surface area contributed by atoms with Crippen LogP contribution in [0.15, 0.2) is 18.2 Å². The number of carbonyl (C=O) groups is 2. The summed E-state index contributed by atoms with van der Waals surface area (Å²) < 4.78 is 15.8. The van der Waals surface area contributed by atoms with E-state index in [0.29, 0.717) is 30.5 Å². The lowest BCUT2D eigenvalue weighted by Crippen LogP contribution is -2.44. The van der Waals surface area contributed by atoms with E-state index in [9.17, 15) is 9.59 Å². The molecule has 24 heavy (non-hydrogen) atoms. The second-order valence-electron chi connectivity index (χ2n) is 6.10. The summed E-state index contributed by atoms with van der Waals surface area (Å²) in [5.74, 6) is 0.620. The molecule has 2 rings (SSSR count). The highest BCUT2D eigenvalue weighted by Gasteiger charge is 2.28. The Morgan fingerprint density at radius 3 is 2.42 bits per heavy atom. The van der Waals surface area contributed by atoms with Gasteiger partial charge >= 0.3 is 5.97 Å². The van der Waals surface area contributed by atoms with Crippen molar-refractivity contribution in [3.63, 3.8) is 0 Å². The molecule has 0 N–H and O–H groups in total. The van der Waals surface area contributed by atoms with E-state index < -0.39 is 12.1 Å². The third-order valence-electron chi connectivity index (χ3n) is 4.35. The van der Waals surface area contributed by atoms with Crippen LogP contribution < -0.4 is 9.47 Å². The van der Waals surface area contributed by atoms with Crippen LogP contribution in [0.1, 0.15) is 37.0 Å². The molecule has 6 heteroatoms. The average molecular weight is 335 g/mol. The van der Waals surface area contributed by atoms with Crippen LogP contribution in [-0.2, 0) is 9.53 Å². The first-order valence-electron chi connectivity index (χ1n) is 8.18. The summed E-state index contributed by atoms with van der Waals surface area (Å²) in [6.45, 7) is 5.21. The first kappa shape index (κ1) is 18.1. The largest absolute Gasteiger partial charge is 0.493 e. The molecular formula is C18H25NO5. The van der Waals surface area contributed by atoms with Gasteiger partial charge in [-0.05, 0) is 37.8 Å². The van der Waals surface area contributed by atoms with Crippen molar-refractivity contribution in [2.24, 2.45) is 5.92 Å². The monoisotopic (exact) mass is 335 g/mol. The normalized spacial score (nSPS) is 16.4. The predicted octanol–water partition coefficient (Wildman–Crippen LogP) is 2.51. The summed E-state index contributed by atoms with van der Waals surface area (Å²) in [5, 5.41) is 0. The van der Waals surface area contributed by atoms with Gasteiger partial charge in [-0.15, -0.1) is 0 Å². The smallest absolute Gasteiger partial charge is 0.342 e. The summed E-state index contributed by atoms with van der Waals surface area (Å²) >= 11 is 0. The lowest BCUT2D eigenvalue weighted by molar-refractivity contribution is -0.141. The maximum absolute atomic E-state index is 12.4. The molecule has 0 bridgehead atoms. The molecule has 1 aromatic carbocycles. The van der Waals surface area contributed by atoms with Crippen molar-refractivity contribution >= 4 is 11.9 Å². The standard InChI is InChI=1S/C18H25NO5/c1-12-8-10-19(11-9-12)17(20)13(2)24-18(21)14-6-5-7-15(22-3)16(14)23-4/h5-7,12-13H,8-11H2,1-4H3/t13-/m1/s1. The molecule has 0 spiro atoms. The summed E-state index contributed by atoms with van der Waals surface area (Å²) in [7, 11) is 2.95. The van der Waals surface area contributed by atoms with Gasteiger partial charge in [0.05, 0.1) is 14.2 Å². The van der Waals surface area contributed by atoms with Gasteiger partial charge in [-0.25, -0.2) is 4.79 Å². The average Bonchev–Trinajstić information content (AvgIpc) is 2.60. The minimum atomic E-state index is -0.832. The van der Waals surface area contributed by atoms with E-state index in [4.69, 9.17) is 14.2 Å². The second-order valence-corrected chi connectivity index (χ2v) is 6.10. The quantitative estimate of drug-likeness (QED) is 0.774. The molecule has 1 atom stereocenters. The third kappa shape index (κ3) is 3.99. The van der Waals surface area contributed by atoms with Gasteiger partial charge in [0.15, 0.2) is 17.6 Å². The highest BCUT2D eigenvalue weighted by atomic mass is 16.6. The molecule has 1 saturated heterocycles. The van der Waals surface area contributed by atoms with Gasteiger partial charge < -0.3 is 19.1 Å². The molecule has 1 aliphatic heterocycles. The first-order chi connectivity index (χ1) is 11.5. The summed E-state index contributed by atoms with van der Waals surface area (Å²) in [4.78, 5) is 26.6. The van der Waals surface area contributed by atoms with Gasteiger partial charge in [-0.3, -0.25) is 4.79 Å². The number of amides is 1. The Labute approximate surface area is 142 Å². The predicted molar refractivity (Wildman–Crippen MR) is 89.4 cm³/mol. The minimum absolute atomic E-state index is 0.155. The van der Waals surface area contributed by atoms with Crippen molar-refractivity contribution < 1.29 is 23.8 Å². The molecule has 1 fully saturated rings. The second kappa shape index (κ2) is 8.04. The summed E-state index contributed by atoms with van der Waals surface area (Å²) in [6.07, 6.45) is 1.13. The maximum atomic E-state index is 12.4. The number of piperidine rings is 1. The van der Waals surface area contributed by atoms with Crippen LogP contribution >= 0.6 is 0 Å². The Morgan fingerprint density at radius 2 is 1.83 bits per heavy atom. The molecule has 0 radical (unpaired) electrons. The minimum Gasteiger partial charge on any atom is -0.493 e. The lowest BCUT2D eigenvalue weighted by Gasteiger charge is -2.31. The van der Waals surface area contributed by atoms with Crippen LogP contribution in [0, 0.1) is 5.92 Å². The number of likely N-dealkylation sites (tertiary alicyclic amines) is 1. The van der Waals surface area contributed by atoms with Crippen LogP contribution in [0.2, 0.25) is 0 Å². The van der Waals surface area contributed by atoms with Crippen LogP contribution in [0.4, 0.5) is 0 Å².